The molecule has 1 amide bonds. The highest BCUT2D eigenvalue weighted by Gasteiger charge is 2.13. The number of halogens is 1. The summed E-state index contributed by atoms with van der Waals surface area (Å²) in [6.45, 7) is 1.93. The lowest BCUT2D eigenvalue weighted by atomic mass is 10.2. The van der Waals surface area contributed by atoms with Crippen LogP contribution in [0.3, 0.4) is 0 Å². The predicted molar refractivity (Wildman–Crippen MR) is 66.9 cm³/mol. The van der Waals surface area contributed by atoms with Gasteiger partial charge in [-0.05, 0) is 19.1 Å². The summed E-state index contributed by atoms with van der Waals surface area (Å²) in [6, 6.07) is 9.41. The monoisotopic (exact) mass is 281 g/mol. The normalized spacial score (nSPS) is 12.6. The van der Waals surface area contributed by atoms with Crippen molar-refractivity contribution in [3.63, 3.8) is 0 Å². The van der Waals surface area contributed by atoms with Crippen molar-refractivity contribution in [2.75, 3.05) is 5.33 Å². The average molecular weight is 282 g/mol. The first-order chi connectivity index (χ1) is 7.70. The molecule has 2 aromatic rings. The Morgan fingerprint density at radius 2 is 2.25 bits per heavy atom. The van der Waals surface area contributed by atoms with Crippen molar-refractivity contribution < 1.29 is 9.21 Å². The molecule has 84 valence electrons. The van der Waals surface area contributed by atoms with Crippen LogP contribution in [-0.2, 0) is 0 Å². The number of carbonyl (C=O) groups excluding carboxylic acids is 1. The van der Waals surface area contributed by atoms with E-state index in [1.54, 1.807) is 6.07 Å². The molecule has 2 rings (SSSR count). The molecule has 4 heteroatoms. The molecule has 0 fully saturated rings. The standard InChI is InChI=1S/C12H12BrNO2/c1-8(7-13)14-12(15)11-6-9-4-2-3-5-10(9)16-11/h2-6,8H,7H2,1H3,(H,14,15). The lowest BCUT2D eigenvalue weighted by Crippen LogP contribution is -2.33. The summed E-state index contributed by atoms with van der Waals surface area (Å²) in [5, 5.41) is 4.49. The Hall–Kier alpha value is -1.29. The van der Waals surface area contributed by atoms with E-state index in [0.29, 0.717) is 5.76 Å². The number of amides is 1. The van der Waals surface area contributed by atoms with Crippen LogP contribution in [0, 0.1) is 0 Å². The average Bonchev–Trinajstić information content (AvgIpc) is 2.72. The number of carbonyl (C=O) groups is 1. The Labute approximate surface area is 102 Å². The maximum Gasteiger partial charge on any atom is 0.287 e. The zero-order valence-electron chi connectivity index (χ0n) is 8.87. The molecule has 0 saturated heterocycles. The number of para-hydroxylation sites is 1. The fourth-order valence-electron chi connectivity index (χ4n) is 1.43. The molecular formula is C12H12BrNO2. The van der Waals surface area contributed by atoms with Crippen molar-refractivity contribution in [1.82, 2.24) is 5.32 Å². The summed E-state index contributed by atoms with van der Waals surface area (Å²) in [5.74, 6) is 0.178. The molecule has 0 aliphatic heterocycles. The number of hydrogen-bond acceptors (Lipinski definition) is 2. The molecule has 0 aliphatic rings. The minimum Gasteiger partial charge on any atom is -0.451 e. The molecule has 16 heavy (non-hydrogen) atoms. The topological polar surface area (TPSA) is 42.2 Å². The number of rotatable bonds is 3. The second-order valence-corrected chi connectivity index (χ2v) is 4.32. The van der Waals surface area contributed by atoms with Gasteiger partial charge in [-0.15, -0.1) is 0 Å². The van der Waals surface area contributed by atoms with E-state index in [9.17, 15) is 4.79 Å². The molecule has 1 unspecified atom stereocenters. The number of alkyl halides is 1. The van der Waals surface area contributed by atoms with Crippen molar-refractivity contribution in [2.45, 2.75) is 13.0 Å². The highest BCUT2D eigenvalue weighted by molar-refractivity contribution is 9.09. The number of benzene rings is 1. The molecule has 1 aromatic heterocycles. The molecule has 1 aromatic carbocycles. The zero-order valence-corrected chi connectivity index (χ0v) is 10.5. The van der Waals surface area contributed by atoms with Gasteiger partial charge in [-0.25, -0.2) is 0 Å². The van der Waals surface area contributed by atoms with Crippen LogP contribution >= 0.6 is 15.9 Å². The van der Waals surface area contributed by atoms with Gasteiger partial charge >= 0.3 is 0 Å². The third-order valence-electron chi connectivity index (χ3n) is 2.26. The minimum atomic E-state index is -0.178. The van der Waals surface area contributed by atoms with E-state index in [2.05, 4.69) is 21.2 Å². The predicted octanol–water partition coefficient (Wildman–Crippen LogP) is 2.95. The van der Waals surface area contributed by atoms with Gasteiger partial charge in [0.15, 0.2) is 5.76 Å². The SMILES string of the molecule is CC(CBr)NC(=O)c1cc2ccccc2o1. The van der Waals surface area contributed by atoms with Crippen LogP contribution in [0.15, 0.2) is 34.7 Å². The van der Waals surface area contributed by atoms with Gasteiger partial charge in [0.25, 0.3) is 5.91 Å². The van der Waals surface area contributed by atoms with Gasteiger partial charge < -0.3 is 9.73 Å². The minimum absolute atomic E-state index is 0.0840. The van der Waals surface area contributed by atoms with Gasteiger partial charge in [0, 0.05) is 16.8 Å². The largest absolute Gasteiger partial charge is 0.451 e. The van der Waals surface area contributed by atoms with E-state index in [-0.39, 0.29) is 11.9 Å². The van der Waals surface area contributed by atoms with Gasteiger partial charge in [0.2, 0.25) is 0 Å². The molecule has 0 spiro atoms. The summed E-state index contributed by atoms with van der Waals surface area (Å²) in [4.78, 5) is 11.8. The van der Waals surface area contributed by atoms with Crippen molar-refractivity contribution >= 4 is 32.8 Å². The van der Waals surface area contributed by atoms with Gasteiger partial charge in [-0.3, -0.25) is 4.79 Å². The number of hydrogen-bond donors (Lipinski definition) is 1. The van der Waals surface area contributed by atoms with Crippen LogP contribution in [0.4, 0.5) is 0 Å². The molecule has 1 heterocycles. The first kappa shape index (κ1) is 11.2. The van der Waals surface area contributed by atoms with Gasteiger partial charge in [-0.2, -0.15) is 0 Å². The van der Waals surface area contributed by atoms with E-state index in [1.807, 2.05) is 31.2 Å². The quantitative estimate of drug-likeness (QED) is 0.879. The van der Waals surface area contributed by atoms with E-state index < -0.39 is 0 Å². The molecule has 0 bridgehead atoms. The van der Waals surface area contributed by atoms with Crippen LogP contribution in [0.5, 0.6) is 0 Å². The lowest BCUT2D eigenvalue weighted by molar-refractivity contribution is 0.0918. The van der Waals surface area contributed by atoms with E-state index >= 15 is 0 Å². The molecule has 0 radical (unpaired) electrons. The van der Waals surface area contributed by atoms with E-state index in [4.69, 9.17) is 4.42 Å². The Bertz CT molecular complexity index is 473. The first-order valence-corrected chi connectivity index (χ1v) is 6.18. The second-order valence-electron chi connectivity index (χ2n) is 3.68. The fourth-order valence-corrected chi connectivity index (χ4v) is 1.59. The summed E-state index contributed by atoms with van der Waals surface area (Å²) >= 11 is 3.31. The molecule has 3 nitrogen and oxygen atoms in total. The van der Waals surface area contributed by atoms with Crippen LogP contribution in [0.2, 0.25) is 0 Å². The Balaban J connectivity index is 2.23. The summed E-state index contributed by atoms with van der Waals surface area (Å²) in [7, 11) is 0. The van der Waals surface area contributed by atoms with Crippen molar-refractivity contribution in [2.24, 2.45) is 0 Å². The maximum absolute atomic E-state index is 11.8. The van der Waals surface area contributed by atoms with Gasteiger partial charge in [0.05, 0.1) is 0 Å². The van der Waals surface area contributed by atoms with E-state index in [0.717, 1.165) is 16.3 Å². The third-order valence-corrected chi connectivity index (χ3v) is 3.23. The first-order valence-electron chi connectivity index (χ1n) is 5.06. The molecular weight excluding hydrogens is 270 g/mol. The Morgan fingerprint density at radius 3 is 2.94 bits per heavy atom. The fraction of sp³-hybridized carbons (Fsp3) is 0.250. The summed E-state index contributed by atoms with van der Waals surface area (Å²) in [6.07, 6.45) is 0. The Morgan fingerprint density at radius 1 is 1.50 bits per heavy atom. The van der Waals surface area contributed by atoms with Crippen LogP contribution in [0.25, 0.3) is 11.0 Å². The molecule has 1 atom stereocenters. The maximum atomic E-state index is 11.8. The van der Waals surface area contributed by atoms with Crippen molar-refractivity contribution in [3.05, 3.63) is 36.1 Å². The van der Waals surface area contributed by atoms with Crippen molar-refractivity contribution in [3.8, 4) is 0 Å². The molecule has 1 N–H and O–H groups in total. The highest BCUT2D eigenvalue weighted by atomic mass is 79.9. The highest BCUT2D eigenvalue weighted by Crippen LogP contribution is 2.18. The van der Waals surface area contributed by atoms with Crippen molar-refractivity contribution in [1.29, 1.82) is 0 Å². The number of furan rings is 1. The van der Waals surface area contributed by atoms with Crippen LogP contribution in [0.1, 0.15) is 17.5 Å². The van der Waals surface area contributed by atoms with E-state index in [1.165, 1.54) is 0 Å². The zero-order chi connectivity index (χ0) is 11.5. The number of nitrogens with one attached hydrogen (secondary N) is 1. The lowest BCUT2D eigenvalue weighted by Gasteiger charge is -2.08. The van der Waals surface area contributed by atoms with Gasteiger partial charge in [0.1, 0.15) is 5.58 Å². The summed E-state index contributed by atoms with van der Waals surface area (Å²) < 4.78 is 5.45. The third kappa shape index (κ3) is 2.27. The second kappa shape index (κ2) is 4.70. The van der Waals surface area contributed by atoms with Gasteiger partial charge in [-0.1, -0.05) is 34.1 Å². The van der Waals surface area contributed by atoms with Crippen LogP contribution in [-0.4, -0.2) is 17.3 Å². The Kier molecular flexibility index (Phi) is 3.29. The summed E-state index contributed by atoms with van der Waals surface area (Å²) in [5.41, 5.74) is 0.735. The molecule has 0 aliphatic carbocycles. The molecule has 0 saturated carbocycles. The van der Waals surface area contributed by atoms with Crippen LogP contribution < -0.4 is 5.32 Å². The number of fused-ring (bicyclic) bond motifs is 1. The smallest absolute Gasteiger partial charge is 0.287 e.